The normalized spacial score (nSPS) is 10.6. The van der Waals surface area contributed by atoms with Gasteiger partial charge in [-0.2, -0.15) is 0 Å². The van der Waals surface area contributed by atoms with Gasteiger partial charge in [0.25, 0.3) is 5.91 Å². The molecule has 0 aliphatic rings. The van der Waals surface area contributed by atoms with Gasteiger partial charge in [0.2, 0.25) is 5.16 Å². The largest absolute Gasteiger partial charge is 0.496 e. The van der Waals surface area contributed by atoms with Crippen LogP contribution in [0.15, 0.2) is 58.2 Å². The van der Waals surface area contributed by atoms with Gasteiger partial charge in [-0.1, -0.05) is 42.1 Å². The number of ether oxygens (including phenoxy) is 1. The van der Waals surface area contributed by atoms with Crippen molar-refractivity contribution in [1.82, 2.24) is 14.9 Å². The molecule has 1 aromatic heterocycles. The van der Waals surface area contributed by atoms with Crippen molar-refractivity contribution in [3.63, 3.8) is 0 Å². The van der Waals surface area contributed by atoms with Crippen LogP contribution in [0.1, 0.15) is 21.7 Å². The summed E-state index contributed by atoms with van der Waals surface area (Å²) in [4.78, 5) is 12.6. The van der Waals surface area contributed by atoms with Crippen LogP contribution in [0.2, 0.25) is 0 Å². The Morgan fingerprint density at radius 3 is 2.69 bits per heavy atom. The molecule has 1 N–H and O–H groups in total. The van der Waals surface area contributed by atoms with Crippen molar-refractivity contribution in [2.45, 2.75) is 17.8 Å². The van der Waals surface area contributed by atoms with Gasteiger partial charge in [-0.15, -0.1) is 10.2 Å². The Morgan fingerprint density at radius 1 is 1.23 bits per heavy atom. The Labute approximate surface area is 164 Å². The predicted molar refractivity (Wildman–Crippen MR) is 105 cm³/mol. The minimum absolute atomic E-state index is 0.252. The third-order valence-electron chi connectivity index (χ3n) is 3.63. The number of benzene rings is 2. The average Bonchev–Trinajstić information content (AvgIpc) is 3.00. The molecular formula is C18H17BrN4O2S. The van der Waals surface area contributed by atoms with E-state index in [9.17, 15) is 4.79 Å². The van der Waals surface area contributed by atoms with Gasteiger partial charge in [0.05, 0.1) is 11.6 Å². The lowest BCUT2D eigenvalue weighted by atomic mass is 10.2. The molecule has 3 aromatic rings. The minimum atomic E-state index is -0.252. The number of carbonyl (C=O) groups is 1. The zero-order valence-corrected chi connectivity index (χ0v) is 16.7. The topological polar surface area (TPSA) is 69.0 Å². The van der Waals surface area contributed by atoms with Gasteiger partial charge in [0.1, 0.15) is 11.6 Å². The number of nitrogens with zero attached hydrogens (tertiary/aromatic N) is 3. The highest BCUT2D eigenvalue weighted by atomic mass is 79.9. The van der Waals surface area contributed by atoms with Crippen LogP contribution in [0.25, 0.3) is 0 Å². The summed E-state index contributed by atoms with van der Waals surface area (Å²) in [6.45, 7) is 1.80. The van der Waals surface area contributed by atoms with Gasteiger partial charge in [-0.25, -0.2) is 4.68 Å². The second kappa shape index (κ2) is 8.37. The SMILES string of the molecule is COc1ccc(C(=O)Nn2c(C)nnc2SCc2ccccc2)cc1Br. The summed E-state index contributed by atoms with van der Waals surface area (Å²) in [5.74, 6) is 1.77. The first-order valence-corrected chi connectivity index (χ1v) is 9.60. The van der Waals surface area contributed by atoms with Crippen LogP contribution in [-0.4, -0.2) is 27.9 Å². The van der Waals surface area contributed by atoms with Crippen LogP contribution in [0.5, 0.6) is 5.75 Å². The zero-order chi connectivity index (χ0) is 18.5. The maximum absolute atomic E-state index is 12.6. The standard InChI is InChI=1S/C18H17BrN4O2S/c1-12-20-21-18(26-11-13-6-4-3-5-7-13)23(12)22-17(24)14-8-9-16(25-2)15(19)10-14/h3-10H,11H2,1-2H3,(H,22,24). The highest BCUT2D eigenvalue weighted by Gasteiger charge is 2.15. The molecule has 1 heterocycles. The molecule has 26 heavy (non-hydrogen) atoms. The van der Waals surface area contributed by atoms with E-state index in [1.807, 2.05) is 30.3 Å². The number of hydrogen-bond acceptors (Lipinski definition) is 5. The summed E-state index contributed by atoms with van der Waals surface area (Å²) in [5, 5.41) is 8.85. The fourth-order valence-electron chi connectivity index (χ4n) is 2.26. The Balaban J connectivity index is 1.74. The number of thioether (sulfide) groups is 1. The van der Waals surface area contributed by atoms with E-state index in [0.29, 0.717) is 26.8 Å². The lowest BCUT2D eigenvalue weighted by Crippen LogP contribution is -2.24. The smallest absolute Gasteiger partial charge is 0.270 e. The Morgan fingerprint density at radius 2 is 2.00 bits per heavy atom. The van der Waals surface area contributed by atoms with Gasteiger partial charge < -0.3 is 4.74 Å². The Bertz CT molecular complexity index is 915. The molecule has 1 amide bonds. The lowest BCUT2D eigenvalue weighted by Gasteiger charge is -2.11. The van der Waals surface area contributed by atoms with Crippen LogP contribution in [-0.2, 0) is 5.75 Å². The van der Waals surface area contributed by atoms with Crippen molar-refractivity contribution in [3.05, 3.63) is 70.0 Å². The van der Waals surface area contributed by atoms with Crippen LogP contribution < -0.4 is 10.2 Å². The molecule has 0 aliphatic heterocycles. The summed E-state index contributed by atoms with van der Waals surface area (Å²) >= 11 is 4.91. The van der Waals surface area contributed by atoms with Crippen molar-refractivity contribution in [1.29, 1.82) is 0 Å². The summed E-state index contributed by atoms with van der Waals surface area (Å²) in [6.07, 6.45) is 0. The van der Waals surface area contributed by atoms with Crippen molar-refractivity contribution in [3.8, 4) is 5.75 Å². The van der Waals surface area contributed by atoms with Gasteiger partial charge in [0.15, 0.2) is 0 Å². The number of hydrogen-bond donors (Lipinski definition) is 1. The fourth-order valence-corrected chi connectivity index (χ4v) is 3.70. The van der Waals surface area contributed by atoms with E-state index >= 15 is 0 Å². The molecule has 0 saturated heterocycles. The molecule has 0 unspecified atom stereocenters. The molecule has 0 fully saturated rings. The van der Waals surface area contributed by atoms with Crippen molar-refractivity contribution in [2.75, 3.05) is 12.5 Å². The highest BCUT2D eigenvalue weighted by Crippen LogP contribution is 2.26. The monoisotopic (exact) mass is 432 g/mol. The number of halogens is 1. The first-order valence-electron chi connectivity index (χ1n) is 7.82. The van der Waals surface area contributed by atoms with Crippen molar-refractivity contribution in [2.24, 2.45) is 0 Å². The molecular weight excluding hydrogens is 416 g/mol. The van der Waals surface area contributed by atoms with Crippen molar-refractivity contribution < 1.29 is 9.53 Å². The molecule has 134 valence electrons. The van der Waals surface area contributed by atoms with Crippen LogP contribution in [0, 0.1) is 6.92 Å². The van der Waals surface area contributed by atoms with Crippen LogP contribution >= 0.6 is 27.7 Å². The second-order valence-electron chi connectivity index (χ2n) is 5.43. The zero-order valence-electron chi connectivity index (χ0n) is 14.3. The number of carbonyl (C=O) groups excluding carboxylic acids is 1. The molecule has 0 saturated carbocycles. The average molecular weight is 433 g/mol. The van der Waals surface area contributed by atoms with E-state index < -0.39 is 0 Å². The maximum atomic E-state index is 12.6. The molecule has 0 spiro atoms. The first-order chi connectivity index (χ1) is 12.6. The van der Waals surface area contributed by atoms with E-state index in [1.54, 1.807) is 36.9 Å². The number of methoxy groups -OCH3 is 1. The molecule has 3 rings (SSSR count). The highest BCUT2D eigenvalue weighted by molar-refractivity contribution is 9.10. The number of amides is 1. The van der Waals surface area contributed by atoms with E-state index in [1.165, 1.54) is 17.3 Å². The first kappa shape index (κ1) is 18.5. The van der Waals surface area contributed by atoms with E-state index in [-0.39, 0.29) is 5.91 Å². The van der Waals surface area contributed by atoms with Crippen LogP contribution in [0.3, 0.4) is 0 Å². The van der Waals surface area contributed by atoms with Gasteiger partial charge >= 0.3 is 0 Å². The summed E-state index contributed by atoms with van der Waals surface area (Å²) in [6, 6.07) is 15.2. The Hall–Kier alpha value is -2.32. The van der Waals surface area contributed by atoms with Crippen molar-refractivity contribution >= 4 is 33.6 Å². The van der Waals surface area contributed by atoms with E-state index in [2.05, 4.69) is 31.6 Å². The molecule has 0 radical (unpaired) electrons. The number of aryl methyl sites for hydroxylation is 1. The predicted octanol–water partition coefficient (Wildman–Crippen LogP) is 4.03. The minimum Gasteiger partial charge on any atom is -0.496 e. The molecule has 0 bridgehead atoms. The summed E-state index contributed by atoms with van der Waals surface area (Å²) in [5.41, 5.74) is 4.53. The lowest BCUT2D eigenvalue weighted by molar-refractivity contribution is 0.100. The molecule has 6 nitrogen and oxygen atoms in total. The summed E-state index contributed by atoms with van der Waals surface area (Å²) < 4.78 is 7.51. The fraction of sp³-hybridized carbons (Fsp3) is 0.167. The summed E-state index contributed by atoms with van der Waals surface area (Å²) in [7, 11) is 1.58. The van der Waals surface area contributed by atoms with E-state index in [4.69, 9.17) is 4.74 Å². The molecule has 2 aromatic carbocycles. The van der Waals surface area contributed by atoms with E-state index in [0.717, 1.165) is 5.75 Å². The molecule has 0 atom stereocenters. The quantitative estimate of drug-likeness (QED) is 0.595. The number of rotatable bonds is 6. The van der Waals surface area contributed by atoms with Gasteiger partial charge in [-0.3, -0.25) is 10.2 Å². The number of aromatic nitrogens is 3. The molecule has 0 aliphatic carbocycles. The van der Waals surface area contributed by atoms with Gasteiger partial charge in [-0.05, 0) is 46.6 Å². The third kappa shape index (κ3) is 4.25. The second-order valence-corrected chi connectivity index (χ2v) is 7.23. The van der Waals surface area contributed by atoms with Crippen LogP contribution in [0.4, 0.5) is 0 Å². The third-order valence-corrected chi connectivity index (χ3v) is 5.25. The maximum Gasteiger partial charge on any atom is 0.270 e. The Kier molecular flexibility index (Phi) is 5.95. The number of nitrogens with one attached hydrogen (secondary N) is 1. The van der Waals surface area contributed by atoms with Gasteiger partial charge in [0, 0.05) is 11.3 Å². The molecule has 8 heteroatoms.